The monoisotopic (exact) mass is 303 g/mol. The minimum absolute atomic E-state index is 0.0570. The summed E-state index contributed by atoms with van der Waals surface area (Å²) in [5.74, 6) is 6.46. The molecule has 0 saturated carbocycles. The van der Waals surface area contributed by atoms with Gasteiger partial charge in [-0.25, -0.2) is 0 Å². The van der Waals surface area contributed by atoms with Gasteiger partial charge in [-0.15, -0.1) is 0 Å². The first-order valence-electron chi connectivity index (χ1n) is 8.15. The SMILES string of the molecule is Cc1ccc(C(=O)c2ccc(C#CCN3CCCC3)cc2)cc1. The molecule has 2 nitrogen and oxygen atoms in total. The summed E-state index contributed by atoms with van der Waals surface area (Å²) in [6, 6.07) is 15.3. The molecule has 23 heavy (non-hydrogen) atoms. The largest absolute Gasteiger partial charge is 0.292 e. The summed E-state index contributed by atoms with van der Waals surface area (Å²) in [5, 5.41) is 0. The molecule has 0 amide bonds. The lowest BCUT2D eigenvalue weighted by Crippen LogP contribution is -2.18. The van der Waals surface area contributed by atoms with Crippen molar-refractivity contribution in [3.63, 3.8) is 0 Å². The van der Waals surface area contributed by atoms with Crippen LogP contribution in [0.25, 0.3) is 0 Å². The maximum Gasteiger partial charge on any atom is 0.193 e. The molecule has 0 radical (unpaired) electrons. The fourth-order valence-electron chi connectivity index (χ4n) is 2.77. The lowest BCUT2D eigenvalue weighted by molar-refractivity contribution is 0.103. The van der Waals surface area contributed by atoms with Crippen molar-refractivity contribution in [1.82, 2.24) is 4.90 Å². The highest BCUT2D eigenvalue weighted by Gasteiger charge is 2.09. The molecule has 3 rings (SSSR count). The minimum Gasteiger partial charge on any atom is -0.292 e. The number of hydrogen-bond acceptors (Lipinski definition) is 2. The second kappa shape index (κ2) is 7.26. The second-order valence-corrected chi connectivity index (χ2v) is 6.06. The highest BCUT2D eigenvalue weighted by Crippen LogP contribution is 2.12. The molecule has 1 aliphatic rings. The van der Waals surface area contributed by atoms with Gasteiger partial charge in [-0.2, -0.15) is 0 Å². The fourth-order valence-corrected chi connectivity index (χ4v) is 2.77. The van der Waals surface area contributed by atoms with Gasteiger partial charge in [-0.1, -0.05) is 41.7 Å². The predicted molar refractivity (Wildman–Crippen MR) is 93.6 cm³/mol. The van der Waals surface area contributed by atoms with Crippen LogP contribution < -0.4 is 0 Å². The Hall–Kier alpha value is -2.37. The van der Waals surface area contributed by atoms with Gasteiger partial charge in [-0.05, 0) is 57.1 Å². The van der Waals surface area contributed by atoms with Crippen LogP contribution in [-0.2, 0) is 0 Å². The summed E-state index contributed by atoms with van der Waals surface area (Å²) < 4.78 is 0. The van der Waals surface area contributed by atoms with E-state index in [0.717, 1.165) is 23.2 Å². The highest BCUT2D eigenvalue weighted by molar-refractivity contribution is 6.09. The quantitative estimate of drug-likeness (QED) is 0.637. The van der Waals surface area contributed by atoms with Crippen LogP contribution in [0.4, 0.5) is 0 Å². The molecule has 0 aliphatic carbocycles. The molecule has 1 aliphatic heterocycles. The van der Waals surface area contributed by atoms with E-state index in [1.165, 1.54) is 25.9 Å². The molecule has 0 bridgehead atoms. The second-order valence-electron chi connectivity index (χ2n) is 6.06. The number of aryl methyl sites for hydroxylation is 1. The first-order valence-corrected chi connectivity index (χ1v) is 8.15. The van der Waals surface area contributed by atoms with E-state index in [-0.39, 0.29) is 5.78 Å². The molecular formula is C21H21NO. The van der Waals surface area contributed by atoms with E-state index in [2.05, 4.69) is 16.7 Å². The molecule has 0 N–H and O–H groups in total. The van der Waals surface area contributed by atoms with Crippen molar-refractivity contribution in [3.8, 4) is 11.8 Å². The number of hydrogen-bond donors (Lipinski definition) is 0. The molecule has 1 saturated heterocycles. The standard InChI is InChI=1S/C21H21NO/c1-17-6-10-19(11-7-17)21(23)20-12-8-18(9-13-20)5-4-16-22-14-2-3-15-22/h6-13H,2-3,14-16H2,1H3. The van der Waals surface area contributed by atoms with Crippen LogP contribution in [0.15, 0.2) is 48.5 Å². The van der Waals surface area contributed by atoms with Crippen molar-refractivity contribution in [2.45, 2.75) is 19.8 Å². The predicted octanol–water partition coefficient (Wildman–Crippen LogP) is 3.67. The maximum absolute atomic E-state index is 12.4. The van der Waals surface area contributed by atoms with Gasteiger partial charge in [0.15, 0.2) is 5.78 Å². The van der Waals surface area contributed by atoms with Crippen LogP contribution in [0.3, 0.4) is 0 Å². The van der Waals surface area contributed by atoms with Gasteiger partial charge in [0, 0.05) is 16.7 Å². The molecule has 2 heteroatoms. The summed E-state index contributed by atoms with van der Waals surface area (Å²) in [6.07, 6.45) is 2.58. The van der Waals surface area contributed by atoms with Crippen molar-refractivity contribution in [1.29, 1.82) is 0 Å². The highest BCUT2D eigenvalue weighted by atomic mass is 16.1. The third-order valence-corrected chi connectivity index (χ3v) is 4.19. The summed E-state index contributed by atoms with van der Waals surface area (Å²) in [7, 11) is 0. The Morgan fingerprint density at radius 1 is 0.957 bits per heavy atom. The first kappa shape index (κ1) is 15.5. The lowest BCUT2D eigenvalue weighted by atomic mass is 10.0. The number of nitrogens with zero attached hydrogens (tertiary/aromatic N) is 1. The van der Waals surface area contributed by atoms with Crippen molar-refractivity contribution >= 4 is 5.78 Å². The normalized spacial score (nSPS) is 14.3. The third-order valence-electron chi connectivity index (χ3n) is 4.19. The molecule has 1 heterocycles. The Morgan fingerprint density at radius 3 is 2.13 bits per heavy atom. The summed E-state index contributed by atoms with van der Waals surface area (Å²) >= 11 is 0. The molecule has 0 aromatic heterocycles. The van der Waals surface area contributed by atoms with E-state index in [4.69, 9.17) is 0 Å². The van der Waals surface area contributed by atoms with Gasteiger partial charge < -0.3 is 0 Å². The van der Waals surface area contributed by atoms with Crippen LogP contribution in [0, 0.1) is 18.8 Å². The summed E-state index contributed by atoms with van der Waals surface area (Å²) in [4.78, 5) is 14.8. The average molecular weight is 303 g/mol. The van der Waals surface area contributed by atoms with Crippen LogP contribution in [0.5, 0.6) is 0 Å². The van der Waals surface area contributed by atoms with Crippen molar-refractivity contribution in [2.24, 2.45) is 0 Å². The van der Waals surface area contributed by atoms with Crippen molar-refractivity contribution in [2.75, 3.05) is 19.6 Å². The van der Waals surface area contributed by atoms with Crippen LogP contribution in [0.1, 0.15) is 39.9 Å². The third kappa shape index (κ3) is 4.09. The number of carbonyl (C=O) groups excluding carboxylic acids is 1. The number of carbonyl (C=O) groups is 1. The molecule has 0 spiro atoms. The van der Waals surface area contributed by atoms with E-state index < -0.39 is 0 Å². The maximum atomic E-state index is 12.4. The van der Waals surface area contributed by atoms with Crippen molar-refractivity contribution in [3.05, 3.63) is 70.8 Å². The Labute approximate surface area is 138 Å². The molecular weight excluding hydrogens is 282 g/mol. The van der Waals surface area contributed by atoms with Gasteiger partial charge in [0.1, 0.15) is 0 Å². The Bertz CT molecular complexity index is 726. The molecule has 116 valence electrons. The summed E-state index contributed by atoms with van der Waals surface area (Å²) in [5.41, 5.74) is 3.55. The van der Waals surface area contributed by atoms with Crippen LogP contribution in [-0.4, -0.2) is 30.3 Å². The van der Waals surface area contributed by atoms with Gasteiger partial charge in [0.05, 0.1) is 6.54 Å². The Balaban J connectivity index is 1.65. The zero-order chi connectivity index (χ0) is 16.1. The zero-order valence-electron chi connectivity index (χ0n) is 13.5. The van der Waals surface area contributed by atoms with Crippen LogP contribution in [0.2, 0.25) is 0 Å². The van der Waals surface area contributed by atoms with Crippen molar-refractivity contribution < 1.29 is 4.79 Å². The number of ketones is 1. The molecule has 0 unspecified atom stereocenters. The number of benzene rings is 2. The molecule has 2 aromatic rings. The number of rotatable bonds is 3. The molecule has 2 aromatic carbocycles. The molecule has 0 atom stereocenters. The van der Waals surface area contributed by atoms with Gasteiger partial charge >= 0.3 is 0 Å². The smallest absolute Gasteiger partial charge is 0.193 e. The topological polar surface area (TPSA) is 20.3 Å². The minimum atomic E-state index is 0.0570. The Kier molecular flexibility index (Phi) is 4.90. The average Bonchev–Trinajstić information content (AvgIpc) is 3.09. The number of likely N-dealkylation sites (tertiary alicyclic amines) is 1. The molecule has 1 fully saturated rings. The lowest BCUT2D eigenvalue weighted by Gasteiger charge is -2.08. The zero-order valence-corrected chi connectivity index (χ0v) is 13.5. The van der Waals surface area contributed by atoms with Gasteiger partial charge in [-0.3, -0.25) is 9.69 Å². The van der Waals surface area contributed by atoms with Crippen LogP contribution >= 0.6 is 0 Å². The summed E-state index contributed by atoms with van der Waals surface area (Å²) in [6.45, 7) is 5.19. The van der Waals surface area contributed by atoms with Gasteiger partial charge in [0.2, 0.25) is 0 Å². The van der Waals surface area contributed by atoms with E-state index in [1.807, 2.05) is 55.5 Å². The first-order chi connectivity index (χ1) is 11.2. The van der Waals surface area contributed by atoms with E-state index in [0.29, 0.717) is 5.56 Å². The Morgan fingerprint density at radius 2 is 1.52 bits per heavy atom. The van der Waals surface area contributed by atoms with E-state index in [9.17, 15) is 4.79 Å². The van der Waals surface area contributed by atoms with E-state index in [1.54, 1.807) is 0 Å². The fraction of sp³-hybridized carbons (Fsp3) is 0.286. The van der Waals surface area contributed by atoms with Gasteiger partial charge in [0.25, 0.3) is 0 Å². The van der Waals surface area contributed by atoms with E-state index >= 15 is 0 Å².